The topological polar surface area (TPSA) is 191 Å². The molecule has 6 N–H and O–H groups in total. The first-order valence-electron chi connectivity index (χ1n) is 15.3. The van der Waals surface area contributed by atoms with E-state index in [2.05, 4.69) is 20.9 Å². The second kappa shape index (κ2) is 20.4. The number of hydrogen-bond acceptors (Lipinski definition) is 8. The van der Waals surface area contributed by atoms with Crippen molar-refractivity contribution in [2.24, 2.45) is 10.7 Å². The maximum Gasteiger partial charge on any atom is 0.416 e. The lowest BCUT2D eigenvalue weighted by Gasteiger charge is -2.11. The minimum absolute atomic E-state index is 0.0544. The van der Waals surface area contributed by atoms with Crippen molar-refractivity contribution < 1.29 is 51.7 Å². The molecule has 0 aliphatic heterocycles. The molecular weight excluding hydrogens is 699 g/mol. The number of amides is 3. The Balaban J connectivity index is 1.50. The molecule has 13 nitrogen and oxygen atoms in total. The van der Waals surface area contributed by atoms with E-state index in [1.165, 1.54) is 66.9 Å². The van der Waals surface area contributed by atoms with Gasteiger partial charge in [-0.25, -0.2) is 0 Å². The van der Waals surface area contributed by atoms with E-state index < -0.39 is 35.4 Å². The monoisotopic (exact) mass is 733 g/mol. The van der Waals surface area contributed by atoms with Crippen LogP contribution in [0.5, 0.6) is 0 Å². The van der Waals surface area contributed by atoms with E-state index in [9.17, 15) is 32.3 Å². The molecule has 3 rings (SSSR count). The number of carboxylic acid groups (broad SMARTS) is 1. The minimum atomic E-state index is -4.52. The van der Waals surface area contributed by atoms with Crippen LogP contribution in [0.15, 0.2) is 84.0 Å². The Labute approximate surface area is 295 Å². The van der Waals surface area contributed by atoms with Crippen LogP contribution in [-0.4, -0.2) is 80.8 Å². The Morgan fingerprint density at radius 3 is 2.18 bits per heavy atom. The standard InChI is InChI=1S/C34H35ClF3N5O8/c35-25-7-8-28(27(21-25)33(48)43-29(39)9-11-40-26-6-2-5-24(20-26)34(36,37)38)42-32(47)23-4-1-3-22(19-23)31(46)41-12-14-50-16-18-51-17-15-49-13-10-30(44)45/h1-9,11,19-21,40H,10,12-18H2,(H,41,46)(H,42,47)(H,44,45)(H2,39,43,48)/b11-9-. The zero-order chi connectivity index (χ0) is 37.2. The van der Waals surface area contributed by atoms with Crippen LogP contribution < -0.4 is 21.7 Å². The summed E-state index contributed by atoms with van der Waals surface area (Å²) in [5.41, 5.74) is 5.38. The largest absolute Gasteiger partial charge is 0.481 e. The summed E-state index contributed by atoms with van der Waals surface area (Å²) in [6.45, 7) is 1.60. The van der Waals surface area contributed by atoms with E-state index >= 15 is 0 Å². The smallest absolute Gasteiger partial charge is 0.416 e. The third kappa shape index (κ3) is 14.6. The number of carbonyl (C=O) groups excluding carboxylic acids is 3. The lowest BCUT2D eigenvalue weighted by molar-refractivity contribution is -0.139. The number of rotatable bonds is 19. The Morgan fingerprint density at radius 1 is 0.843 bits per heavy atom. The highest BCUT2D eigenvalue weighted by atomic mass is 35.5. The van der Waals surface area contributed by atoms with Crippen LogP contribution in [0.1, 0.15) is 43.1 Å². The van der Waals surface area contributed by atoms with E-state index in [-0.39, 0.29) is 91.5 Å². The van der Waals surface area contributed by atoms with Crippen molar-refractivity contribution in [3.05, 3.63) is 106 Å². The summed E-state index contributed by atoms with van der Waals surface area (Å²) in [7, 11) is 0. The summed E-state index contributed by atoms with van der Waals surface area (Å²) in [4.78, 5) is 53.0. The molecule has 0 saturated heterocycles. The number of benzene rings is 3. The molecule has 17 heteroatoms. The third-order valence-electron chi connectivity index (χ3n) is 6.51. The maximum atomic E-state index is 13.1. The van der Waals surface area contributed by atoms with Gasteiger partial charge in [-0.1, -0.05) is 23.7 Å². The molecule has 0 saturated carbocycles. The summed E-state index contributed by atoms with van der Waals surface area (Å²) in [6, 6.07) is 14.5. The number of alkyl halides is 3. The average molecular weight is 734 g/mol. The molecule has 3 amide bonds. The molecule has 272 valence electrons. The Morgan fingerprint density at radius 2 is 1.49 bits per heavy atom. The fourth-order valence-electron chi connectivity index (χ4n) is 4.06. The highest BCUT2D eigenvalue weighted by Gasteiger charge is 2.30. The molecule has 0 spiro atoms. The van der Waals surface area contributed by atoms with Crippen molar-refractivity contribution in [1.82, 2.24) is 5.32 Å². The van der Waals surface area contributed by atoms with Crippen molar-refractivity contribution in [3.63, 3.8) is 0 Å². The number of halogens is 4. The van der Waals surface area contributed by atoms with Gasteiger partial charge in [-0.3, -0.25) is 19.2 Å². The molecule has 3 aromatic rings. The number of ether oxygens (including phenoxy) is 3. The number of nitrogens with two attached hydrogens (primary N) is 1. The van der Waals surface area contributed by atoms with Gasteiger partial charge in [0.2, 0.25) is 0 Å². The Hall–Kier alpha value is -5.29. The lowest BCUT2D eigenvalue weighted by atomic mass is 10.1. The van der Waals surface area contributed by atoms with Gasteiger partial charge in [0.1, 0.15) is 5.84 Å². The predicted octanol–water partition coefficient (Wildman–Crippen LogP) is 4.99. The van der Waals surface area contributed by atoms with E-state index in [4.69, 9.17) is 36.7 Å². The lowest BCUT2D eigenvalue weighted by Crippen LogP contribution is -2.28. The average Bonchev–Trinajstić information content (AvgIpc) is 3.09. The van der Waals surface area contributed by atoms with Crippen molar-refractivity contribution in [2.75, 3.05) is 56.8 Å². The van der Waals surface area contributed by atoms with Crippen molar-refractivity contribution in [2.45, 2.75) is 12.6 Å². The molecule has 0 bridgehead atoms. The zero-order valence-electron chi connectivity index (χ0n) is 27.0. The predicted molar refractivity (Wildman–Crippen MR) is 183 cm³/mol. The second-order valence-corrected chi connectivity index (χ2v) is 10.8. The SMILES string of the molecule is NC(/C=C\Nc1cccc(C(F)(F)F)c1)=NC(=O)c1cc(Cl)ccc1NC(=O)c1cccc(C(=O)NCCOCCOCCOCCC(=O)O)c1. The molecule has 0 aromatic heterocycles. The first kappa shape index (κ1) is 40.1. The molecule has 51 heavy (non-hydrogen) atoms. The van der Waals surface area contributed by atoms with E-state index in [1.54, 1.807) is 0 Å². The third-order valence-corrected chi connectivity index (χ3v) is 6.74. The van der Waals surface area contributed by atoms with Gasteiger partial charge < -0.3 is 41.0 Å². The summed E-state index contributed by atoms with van der Waals surface area (Å²) in [5.74, 6) is -3.18. The first-order valence-corrected chi connectivity index (χ1v) is 15.6. The van der Waals surface area contributed by atoms with Crippen LogP contribution in [0.3, 0.4) is 0 Å². The van der Waals surface area contributed by atoms with E-state index in [0.717, 1.165) is 12.1 Å². The molecule has 0 heterocycles. The number of anilines is 2. The van der Waals surface area contributed by atoms with Crippen LogP contribution in [0.2, 0.25) is 5.02 Å². The van der Waals surface area contributed by atoms with Gasteiger partial charge in [0, 0.05) is 34.6 Å². The van der Waals surface area contributed by atoms with Crippen LogP contribution in [0.4, 0.5) is 24.5 Å². The Bertz CT molecular complexity index is 1740. The number of nitrogens with zero attached hydrogens (tertiary/aromatic N) is 1. The molecule has 0 radical (unpaired) electrons. The number of nitrogens with one attached hydrogen (secondary N) is 3. The molecule has 3 aromatic carbocycles. The first-order chi connectivity index (χ1) is 24.3. The zero-order valence-corrected chi connectivity index (χ0v) is 27.8. The minimum Gasteiger partial charge on any atom is -0.481 e. The van der Waals surface area contributed by atoms with Crippen LogP contribution in [-0.2, 0) is 25.2 Å². The number of aliphatic carboxylic acids is 1. The highest BCUT2D eigenvalue weighted by Crippen LogP contribution is 2.30. The Kier molecular flexibility index (Phi) is 16.1. The molecule has 0 aliphatic rings. The van der Waals surface area contributed by atoms with Crippen LogP contribution >= 0.6 is 11.6 Å². The number of amidine groups is 1. The molecule has 0 fully saturated rings. The summed E-state index contributed by atoms with van der Waals surface area (Å²) < 4.78 is 54.7. The van der Waals surface area contributed by atoms with Crippen molar-refractivity contribution >= 4 is 52.5 Å². The molecule has 0 aliphatic carbocycles. The number of carboxylic acids is 1. The fourth-order valence-corrected chi connectivity index (χ4v) is 4.23. The van der Waals surface area contributed by atoms with Gasteiger partial charge in [-0.05, 0) is 60.7 Å². The molecule has 0 unspecified atom stereocenters. The van der Waals surface area contributed by atoms with E-state index in [1.807, 2.05) is 0 Å². The van der Waals surface area contributed by atoms with Crippen LogP contribution in [0.25, 0.3) is 0 Å². The summed E-state index contributed by atoms with van der Waals surface area (Å²) in [5, 5.41) is 16.6. The van der Waals surface area contributed by atoms with Crippen molar-refractivity contribution in [1.29, 1.82) is 0 Å². The summed E-state index contributed by atoms with van der Waals surface area (Å²) >= 11 is 6.09. The highest BCUT2D eigenvalue weighted by molar-refractivity contribution is 6.31. The van der Waals surface area contributed by atoms with Gasteiger partial charge in [-0.2, -0.15) is 18.2 Å². The van der Waals surface area contributed by atoms with Gasteiger partial charge in [-0.15, -0.1) is 0 Å². The molecule has 0 atom stereocenters. The number of hydrogen-bond donors (Lipinski definition) is 5. The van der Waals surface area contributed by atoms with Crippen molar-refractivity contribution in [3.8, 4) is 0 Å². The number of aliphatic imine (C=N–C) groups is 1. The number of carbonyl (C=O) groups is 4. The molecular formula is C34H35ClF3N5O8. The van der Waals surface area contributed by atoms with E-state index in [0.29, 0.717) is 0 Å². The van der Waals surface area contributed by atoms with Gasteiger partial charge in [0.15, 0.2) is 0 Å². The van der Waals surface area contributed by atoms with Gasteiger partial charge in [0.25, 0.3) is 17.7 Å². The van der Waals surface area contributed by atoms with Crippen LogP contribution in [0, 0.1) is 0 Å². The quantitative estimate of drug-likeness (QED) is 0.0638. The summed E-state index contributed by atoms with van der Waals surface area (Å²) in [6.07, 6.45) is -2.21. The maximum absolute atomic E-state index is 13.1. The van der Waals surface area contributed by atoms with Gasteiger partial charge >= 0.3 is 12.1 Å². The second-order valence-electron chi connectivity index (χ2n) is 10.4. The van der Waals surface area contributed by atoms with Gasteiger partial charge in [0.05, 0.1) is 62.9 Å². The normalized spacial score (nSPS) is 11.7. The fraction of sp³-hybridized carbons (Fsp3) is 0.265.